The highest BCUT2D eigenvalue weighted by Crippen LogP contribution is 2.24. The van der Waals surface area contributed by atoms with Crippen LogP contribution in [0, 0.1) is 11.3 Å². The average molecular weight is 281 g/mol. The van der Waals surface area contributed by atoms with Crippen molar-refractivity contribution in [1.29, 1.82) is 5.26 Å². The molecule has 0 aliphatic heterocycles. The van der Waals surface area contributed by atoms with Crippen LogP contribution in [0.2, 0.25) is 0 Å². The Balaban J connectivity index is 2.54. The fourth-order valence-electron chi connectivity index (χ4n) is 1.51. The lowest BCUT2D eigenvalue weighted by atomic mass is 9.87. The molecule has 0 atom stereocenters. The summed E-state index contributed by atoms with van der Waals surface area (Å²) < 4.78 is 28.0. The maximum atomic E-state index is 11.3. The van der Waals surface area contributed by atoms with Crippen molar-refractivity contribution in [1.82, 2.24) is 0 Å². The Labute approximate surface area is 114 Å². The molecule has 0 aromatic heterocycles. The zero-order valence-corrected chi connectivity index (χ0v) is 12.3. The molecule has 0 heterocycles. The molecule has 1 rings (SSSR count). The van der Waals surface area contributed by atoms with Gasteiger partial charge >= 0.3 is 0 Å². The molecule has 0 bridgehead atoms. The van der Waals surface area contributed by atoms with E-state index in [4.69, 9.17) is 10.00 Å². The summed E-state index contributed by atoms with van der Waals surface area (Å²) in [5.74, 6) is 0.0427. The van der Waals surface area contributed by atoms with Gasteiger partial charge in [0, 0.05) is 0 Å². The van der Waals surface area contributed by atoms with Crippen LogP contribution in [0.25, 0.3) is 0 Å². The van der Waals surface area contributed by atoms with E-state index in [9.17, 15) is 8.42 Å². The molecule has 0 saturated carbocycles. The van der Waals surface area contributed by atoms with E-state index >= 15 is 0 Å². The fourth-order valence-corrected chi connectivity index (χ4v) is 2.19. The summed E-state index contributed by atoms with van der Waals surface area (Å²) in [5.41, 5.74) is 1.27. The fraction of sp³-hybridized carbons (Fsp3) is 0.500. The number of benzene rings is 1. The SMILES string of the molecule is CC(C)(C)c1ccc(OCCS(=O)(=O)CC#N)cc1. The van der Waals surface area contributed by atoms with Gasteiger partial charge in [-0.25, -0.2) is 8.42 Å². The molecule has 0 aliphatic rings. The second-order valence-electron chi connectivity index (χ2n) is 5.37. The largest absolute Gasteiger partial charge is 0.493 e. The van der Waals surface area contributed by atoms with Gasteiger partial charge in [-0.3, -0.25) is 0 Å². The maximum Gasteiger partial charge on any atom is 0.166 e. The molecular formula is C14H19NO3S. The standard InChI is InChI=1S/C14H19NO3S/c1-14(2,3)12-4-6-13(7-5-12)18-9-11-19(16,17)10-8-15/h4-7H,9-11H2,1-3H3. The van der Waals surface area contributed by atoms with Gasteiger partial charge in [0.15, 0.2) is 9.84 Å². The van der Waals surface area contributed by atoms with E-state index < -0.39 is 15.6 Å². The van der Waals surface area contributed by atoms with E-state index in [-0.39, 0.29) is 17.8 Å². The minimum atomic E-state index is -3.32. The second kappa shape index (κ2) is 6.07. The normalized spacial score (nSPS) is 11.9. The first kappa shape index (κ1) is 15.5. The Morgan fingerprint density at radius 1 is 1.21 bits per heavy atom. The number of ether oxygens (including phenoxy) is 1. The van der Waals surface area contributed by atoms with Crippen LogP contribution < -0.4 is 4.74 Å². The van der Waals surface area contributed by atoms with Crippen LogP contribution >= 0.6 is 0 Å². The minimum Gasteiger partial charge on any atom is -0.493 e. The Bertz CT molecular complexity index is 548. The average Bonchev–Trinajstić information content (AvgIpc) is 2.28. The van der Waals surface area contributed by atoms with E-state index in [2.05, 4.69) is 20.8 Å². The van der Waals surface area contributed by atoms with Crippen LogP contribution in [-0.2, 0) is 15.3 Å². The van der Waals surface area contributed by atoms with E-state index in [0.717, 1.165) is 0 Å². The predicted octanol–water partition coefficient (Wildman–Crippen LogP) is 2.30. The quantitative estimate of drug-likeness (QED) is 0.830. The highest BCUT2D eigenvalue weighted by molar-refractivity contribution is 7.91. The zero-order chi connectivity index (χ0) is 14.5. The van der Waals surface area contributed by atoms with Crippen LogP contribution in [0.3, 0.4) is 0 Å². The lowest BCUT2D eigenvalue weighted by Gasteiger charge is -2.19. The summed E-state index contributed by atoms with van der Waals surface area (Å²) in [6.07, 6.45) is 0. The summed E-state index contributed by atoms with van der Waals surface area (Å²) in [5, 5.41) is 8.36. The molecule has 19 heavy (non-hydrogen) atoms. The third kappa shape index (κ3) is 5.31. The van der Waals surface area contributed by atoms with E-state index in [1.54, 1.807) is 6.07 Å². The van der Waals surface area contributed by atoms with Crippen LogP contribution in [0.15, 0.2) is 24.3 Å². The Hall–Kier alpha value is -1.54. The zero-order valence-electron chi connectivity index (χ0n) is 11.5. The molecule has 0 aliphatic carbocycles. The number of nitrogens with zero attached hydrogens (tertiary/aromatic N) is 1. The molecule has 0 saturated heterocycles. The van der Waals surface area contributed by atoms with Crippen molar-refractivity contribution in [2.75, 3.05) is 18.1 Å². The number of hydrogen-bond donors (Lipinski definition) is 0. The van der Waals surface area contributed by atoms with E-state index in [1.165, 1.54) is 5.56 Å². The monoisotopic (exact) mass is 281 g/mol. The molecule has 0 fully saturated rings. The number of sulfone groups is 1. The van der Waals surface area contributed by atoms with Gasteiger partial charge in [0.2, 0.25) is 0 Å². The number of nitriles is 1. The van der Waals surface area contributed by atoms with Crippen LogP contribution in [0.4, 0.5) is 0 Å². The van der Waals surface area contributed by atoms with Gasteiger partial charge in [0.25, 0.3) is 0 Å². The third-order valence-corrected chi connectivity index (χ3v) is 4.03. The van der Waals surface area contributed by atoms with Crippen molar-refractivity contribution >= 4 is 9.84 Å². The molecule has 104 valence electrons. The number of hydrogen-bond acceptors (Lipinski definition) is 4. The lowest BCUT2D eigenvalue weighted by molar-refractivity contribution is 0.340. The van der Waals surface area contributed by atoms with Crippen molar-refractivity contribution in [3.8, 4) is 11.8 Å². The molecular weight excluding hydrogens is 262 g/mol. The van der Waals surface area contributed by atoms with Gasteiger partial charge in [0.05, 0.1) is 11.8 Å². The molecule has 0 spiro atoms. The Kier molecular flexibility index (Phi) is 4.96. The maximum absolute atomic E-state index is 11.3. The third-order valence-electron chi connectivity index (χ3n) is 2.67. The highest BCUT2D eigenvalue weighted by Gasteiger charge is 2.13. The summed E-state index contributed by atoms with van der Waals surface area (Å²) in [6.45, 7) is 6.44. The van der Waals surface area contributed by atoms with Crippen molar-refractivity contribution in [2.45, 2.75) is 26.2 Å². The molecule has 0 unspecified atom stereocenters. The smallest absolute Gasteiger partial charge is 0.166 e. The second-order valence-corrected chi connectivity index (χ2v) is 7.56. The van der Waals surface area contributed by atoms with Crippen molar-refractivity contribution in [2.24, 2.45) is 0 Å². The molecule has 0 amide bonds. The van der Waals surface area contributed by atoms with Crippen LogP contribution in [0.1, 0.15) is 26.3 Å². The molecule has 0 N–H and O–H groups in total. The number of rotatable bonds is 5. The van der Waals surface area contributed by atoms with Gasteiger partial charge in [0.1, 0.15) is 18.1 Å². The molecule has 1 aromatic rings. The van der Waals surface area contributed by atoms with Crippen LogP contribution in [-0.4, -0.2) is 26.5 Å². The lowest BCUT2D eigenvalue weighted by Crippen LogP contribution is -2.16. The van der Waals surface area contributed by atoms with Gasteiger partial charge in [-0.05, 0) is 23.1 Å². The summed E-state index contributed by atoms with van der Waals surface area (Å²) in [7, 11) is -3.32. The summed E-state index contributed by atoms with van der Waals surface area (Å²) in [4.78, 5) is 0. The molecule has 5 heteroatoms. The van der Waals surface area contributed by atoms with E-state index in [0.29, 0.717) is 5.75 Å². The molecule has 0 radical (unpaired) electrons. The first-order chi connectivity index (χ1) is 8.74. The predicted molar refractivity (Wildman–Crippen MR) is 74.9 cm³/mol. The first-order valence-corrected chi connectivity index (χ1v) is 7.87. The molecule has 1 aromatic carbocycles. The van der Waals surface area contributed by atoms with Crippen molar-refractivity contribution in [3.63, 3.8) is 0 Å². The van der Waals surface area contributed by atoms with Crippen molar-refractivity contribution < 1.29 is 13.2 Å². The van der Waals surface area contributed by atoms with E-state index in [1.807, 2.05) is 24.3 Å². The van der Waals surface area contributed by atoms with Gasteiger partial charge in [-0.2, -0.15) is 5.26 Å². The van der Waals surface area contributed by atoms with Gasteiger partial charge in [-0.15, -0.1) is 0 Å². The Morgan fingerprint density at radius 3 is 2.26 bits per heavy atom. The first-order valence-electron chi connectivity index (χ1n) is 6.05. The van der Waals surface area contributed by atoms with Gasteiger partial charge in [-0.1, -0.05) is 32.9 Å². The Morgan fingerprint density at radius 2 is 1.79 bits per heavy atom. The minimum absolute atomic E-state index is 0.0683. The van der Waals surface area contributed by atoms with Crippen LogP contribution in [0.5, 0.6) is 5.75 Å². The summed E-state index contributed by atoms with van der Waals surface area (Å²) >= 11 is 0. The van der Waals surface area contributed by atoms with Gasteiger partial charge < -0.3 is 4.74 Å². The summed E-state index contributed by atoms with van der Waals surface area (Å²) in [6, 6.07) is 9.24. The topological polar surface area (TPSA) is 67.2 Å². The highest BCUT2D eigenvalue weighted by atomic mass is 32.2. The molecule has 4 nitrogen and oxygen atoms in total. The van der Waals surface area contributed by atoms with Crippen molar-refractivity contribution in [3.05, 3.63) is 29.8 Å².